The maximum atomic E-state index is 13.6. The molecule has 0 radical (unpaired) electrons. The molecule has 0 aliphatic heterocycles. The highest BCUT2D eigenvalue weighted by Gasteiger charge is 2.55. The first-order chi connectivity index (χ1) is 7.09. The molecule has 0 saturated heterocycles. The van der Waals surface area contributed by atoms with E-state index in [9.17, 15) is 9.50 Å². The van der Waals surface area contributed by atoms with Gasteiger partial charge in [0, 0.05) is 10.6 Å². The van der Waals surface area contributed by atoms with Gasteiger partial charge in [-0.15, -0.1) is 0 Å². The van der Waals surface area contributed by atoms with Crippen molar-refractivity contribution >= 4 is 11.6 Å². The quantitative estimate of drug-likeness (QED) is 0.840. The molecule has 0 amide bonds. The Labute approximate surface area is 93.9 Å². The summed E-state index contributed by atoms with van der Waals surface area (Å²) in [6.07, 6.45) is 2.54. The summed E-state index contributed by atoms with van der Waals surface area (Å²) in [6, 6.07) is 4.53. The van der Waals surface area contributed by atoms with E-state index < -0.39 is 11.4 Å². The van der Waals surface area contributed by atoms with Gasteiger partial charge in [0.25, 0.3) is 0 Å². The molecule has 0 aromatic heterocycles. The molecular weight excluding hydrogens is 215 g/mol. The topological polar surface area (TPSA) is 20.2 Å². The van der Waals surface area contributed by atoms with Crippen LogP contribution in [-0.4, -0.2) is 5.11 Å². The van der Waals surface area contributed by atoms with Gasteiger partial charge in [0.05, 0.1) is 5.60 Å². The maximum absolute atomic E-state index is 13.6. The van der Waals surface area contributed by atoms with Gasteiger partial charge in [-0.25, -0.2) is 4.39 Å². The van der Waals surface area contributed by atoms with Crippen LogP contribution in [0.4, 0.5) is 4.39 Å². The second-order valence-corrected chi connectivity index (χ2v) is 4.62. The summed E-state index contributed by atoms with van der Waals surface area (Å²) in [7, 11) is 0. The van der Waals surface area contributed by atoms with Crippen molar-refractivity contribution in [3.05, 3.63) is 34.6 Å². The van der Waals surface area contributed by atoms with Crippen LogP contribution in [0.15, 0.2) is 18.2 Å². The highest BCUT2D eigenvalue weighted by Crippen LogP contribution is 2.56. The Hall–Kier alpha value is -0.600. The summed E-state index contributed by atoms with van der Waals surface area (Å²) in [5, 5.41) is 10.6. The van der Waals surface area contributed by atoms with E-state index in [-0.39, 0.29) is 11.5 Å². The summed E-state index contributed by atoms with van der Waals surface area (Å²) in [5.74, 6) is -0.236. The molecule has 2 atom stereocenters. The number of benzene rings is 1. The van der Waals surface area contributed by atoms with Crippen molar-refractivity contribution in [1.82, 2.24) is 0 Å². The second kappa shape index (κ2) is 3.76. The Morgan fingerprint density at radius 2 is 2.33 bits per heavy atom. The Balaban J connectivity index is 2.31. The fourth-order valence-electron chi connectivity index (χ4n) is 2.22. The zero-order chi connectivity index (χ0) is 11.1. The van der Waals surface area contributed by atoms with E-state index in [1.807, 2.05) is 0 Å². The zero-order valence-electron chi connectivity index (χ0n) is 8.63. The van der Waals surface area contributed by atoms with Crippen LogP contribution in [0.3, 0.4) is 0 Å². The molecule has 0 heterocycles. The third-order valence-corrected chi connectivity index (χ3v) is 3.42. The summed E-state index contributed by atoms with van der Waals surface area (Å²) < 4.78 is 13.6. The van der Waals surface area contributed by atoms with Crippen molar-refractivity contribution < 1.29 is 9.50 Å². The lowest BCUT2D eigenvalue weighted by Gasteiger charge is -2.13. The van der Waals surface area contributed by atoms with E-state index in [2.05, 4.69) is 6.92 Å². The van der Waals surface area contributed by atoms with Crippen LogP contribution in [0, 0.1) is 11.7 Å². The van der Waals surface area contributed by atoms with Crippen molar-refractivity contribution in [1.29, 1.82) is 0 Å². The van der Waals surface area contributed by atoms with Crippen LogP contribution in [-0.2, 0) is 5.60 Å². The average Bonchev–Trinajstić information content (AvgIpc) is 2.77. The number of hydrogen-bond donors (Lipinski definition) is 1. The third kappa shape index (κ3) is 1.77. The Morgan fingerprint density at radius 1 is 1.60 bits per heavy atom. The minimum Gasteiger partial charge on any atom is -0.385 e. The predicted molar refractivity (Wildman–Crippen MR) is 58.3 cm³/mol. The minimum atomic E-state index is -1.02. The first kappa shape index (κ1) is 10.9. The molecule has 1 fully saturated rings. The Morgan fingerprint density at radius 3 is 2.93 bits per heavy atom. The molecule has 82 valence electrons. The lowest BCUT2D eigenvalue weighted by atomic mass is 10.0. The van der Waals surface area contributed by atoms with Gasteiger partial charge >= 0.3 is 0 Å². The largest absolute Gasteiger partial charge is 0.385 e. The van der Waals surface area contributed by atoms with Gasteiger partial charge < -0.3 is 5.11 Å². The second-order valence-electron chi connectivity index (χ2n) is 4.21. The molecule has 3 heteroatoms. The molecule has 1 nitrogen and oxygen atoms in total. The van der Waals surface area contributed by atoms with Crippen molar-refractivity contribution in [2.45, 2.75) is 31.8 Å². The van der Waals surface area contributed by atoms with Crippen molar-refractivity contribution in [2.24, 2.45) is 5.92 Å². The van der Waals surface area contributed by atoms with Crippen LogP contribution in [0.25, 0.3) is 0 Å². The van der Waals surface area contributed by atoms with Gasteiger partial charge in [-0.05, 0) is 30.9 Å². The fourth-order valence-corrected chi connectivity index (χ4v) is 2.55. The molecule has 1 aliphatic rings. The van der Waals surface area contributed by atoms with E-state index in [0.29, 0.717) is 11.4 Å². The molecule has 15 heavy (non-hydrogen) atoms. The molecule has 2 unspecified atom stereocenters. The smallest absolute Gasteiger partial charge is 0.130 e. The van der Waals surface area contributed by atoms with Gasteiger partial charge in [-0.1, -0.05) is 31.0 Å². The van der Waals surface area contributed by atoms with Crippen molar-refractivity contribution in [3.63, 3.8) is 0 Å². The van der Waals surface area contributed by atoms with Gasteiger partial charge in [-0.2, -0.15) is 0 Å². The molecular formula is C12H14ClFO. The van der Waals surface area contributed by atoms with Gasteiger partial charge in [0.15, 0.2) is 0 Å². The number of rotatable bonds is 3. The summed E-state index contributed by atoms with van der Waals surface area (Å²) in [6.45, 7) is 2.06. The molecule has 1 saturated carbocycles. The maximum Gasteiger partial charge on any atom is 0.130 e. The SMILES string of the molecule is CCCC1CC1(O)c1c(F)cccc1Cl. The van der Waals surface area contributed by atoms with Crippen molar-refractivity contribution in [2.75, 3.05) is 0 Å². The molecule has 1 aromatic carbocycles. The van der Waals surface area contributed by atoms with E-state index in [1.54, 1.807) is 12.1 Å². The summed E-state index contributed by atoms with van der Waals surface area (Å²) in [4.78, 5) is 0. The van der Waals surface area contributed by atoms with E-state index in [4.69, 9.17) is 11.6 Å². The first-order valence-corrected chi connectivity index (χ1v) is 5.64. The lowest BCUT2D eigenvalue weighted by molar-refractivity contribution is 0.125. The lowest BCUT2D eigenvalue weighted by Crippen LogP contribution is -2.12. The van der Waals surface area contributed by atoms with E-state index in [0.717, 1.165) is 12.8 Å². The zero-order valence-corrected chi connectivity index (χ0v) is 9.39. The molecule has 1 N–H and O–H groups in total. The van der Waals surface area contributed by atoms with Gasteiger partial charge in [0.2, 0.25) is 0 Å². The van der Waals surface area contributed by atoms with Crippen LogP contribution in [0.2, 0.25) is 5.02 Å². The van der Waals surface area contributed by atoms with E-state index in [1.165, 1.54) is 6.07 Å². The Kier molecular flexibility index (Phi) is 2.73. The van der Waals surface area contributed by atoms with E-state index >= 15 is 0 Å². The molecule has 1 aromatic rings. The molecule has 1 aliphatic carbocycles. The minimum absolute atomic E-state index is 0.164. The summed E-state index contributed by atoms with van der Waals surface area (Å²) >= 11 is 5.92. The predicted octanol–water partition coefficient (Wildman–Crippen LogP) is 3.49. The van der Waals surface area contributed by atoms with Gasteiger partial charge in [0.1, 0.15) is 5.82 Å². The average molecular weight is 229 g/mol. The normalized spacial score (nSPS) is 29.2. The first-order valence-electron chi connectivity index (χ1n) is 5.26. The van der Waals surface area contributed by atoms with Gasteiger partial charge in [-0.3, -0.25) is 0 Å². The highest BCUT2D eigenvalue weighted by molar-refractivity contribution is 6.31. The molecule has 2 rings (SSSR count). The van der Waals surface area contributed by atoms with Crippen LogP contribution >= 0.6 is 11.6 Å². The fraction of sp³-hybridized carbons (Fsp3) is 0.500. The molecule has 0 spiro atoms. The Bertz CT molecular complexity index is 360. The van der Waals surface area contributed by atoms with Crippen LogP contribution < -0.4 is 0 Å². The standard InChI is InChI=1S/C12H14ClFO/c1-2-4-8-7-12(8,15)11-9(13)5-3-6-10(11)14/h3,5-6,8,15H,2,4,7H2,1H3. The number of aliphatic hydroxyl groups is 1. The van der Waals surface area contributed by atoms with Crippen molar-refractivity contribution in [3.8, 4) is 0 Å². The van der Waals surface area contributed by atoms with Crippen LogP contribution in [0.1, 0.15) is 31.7 Å². The third-order valence-electron chi connectivity index (χ3n) is 3.11. The van der Waals surface area contributed by atoms with Crippen LogP contribution in [0.5, 0.6) is 0 Å². The number of halogens is 2. The highest BCUT2D eigenvalue weighted by atomic mass is 35.5. The monoisotopic (exact) mass is 228 g/mol. The molecule has 0 bridgehead atoms. The summed E-state index contributed by atoms with van der Waals surface area (Å²) in [5.41, 5.74) is -0.733. The number of hydrogen-bond acceptors (Lipinski definition) is 1.